The Morgan fingerprint density at radius 1 is 0.882 bits per heavy atom. The van der Waals surface area contributed by atoms with Crippen molar-refractivity contribution in [1.29, 1.82) is 0 Å². The third kappa shape index (κ3) is 2.35. The number of aliphatic imine (C=N–C) groups is 1. The van der Waals surface area contributed by atoms with Gasteiger partial charge in [0.1, 0.15) is 5.84 Å². The summed E-state index contributed by atoms with van der Waals surface area (Å²) < 4.78 is 0. The number of nitrogens with one attached hydrogen (secondary N) is 1. The van der Waals surface area contributed by atoms with E-state index in [-0.39, 0.29) is 0 Å². The second kappa shape index (κ2) is 4.97. The van der Waals surface area contributed by atoms with Crippen molar-refractivity contribution in [2.45, 2.75) is 63.8 Å². The molecule has 3 aliphatic carbocycles. The average molecular weight is 235 g/mol. The Morgan fingerprint density at radius 2 is 1.47 bits per heavy atom. The lowest BCUT2D eigenvalue weighted by Gasteiger charge is -2.19. The van der Waals surface area contributed by atoms with Crippen molar-refractivity contribution in [2.24, 2.45) is 28.6 Å². The van der Waals surface area contributed by atoms with Crippen LogP contribution in [0.25, 0.3) is 0 Å². The molecule has 3 heteroatoms. The summed E-state index contributed by atoms with van der Waals surface area (Å²) in [6, 6.07) is 0.553. The van der Waals surface area contributed by atoms with Gasteiger partial charge in [-0.2, -0.15) is 0 Å². The zero-order chi connectivity index (χ0) is 11.7. The van der Waals surface area contributed by atoms with Crippen LogP contribution in [0.1, 0.15) is 57.8 Å². The first-order valence-electron chi connectivity index (χ1n) is 7.44. The normalized spacial score (nSPS) is 38.6. The van der Waals surface area contributed by atoms with Crippen molar-refractivity contribution >= 4 is 5.84 Å². The Labute approximate surface area is 104 Å². The van der Waals surface area contributed by atoms with Gasteiger partial charge in [0.2, 0.25) is 0 Å². The van der Waals surface area contributed by atoms with Crippen LogP contribution in [0.4, 0.5) is 0 Å². The molecule has 0 radical (unpaired) electrons. The van der Waals surface area contributed by atoms with Gasteiger partial charge in [-0.25, -0.2) is 5.84 Å². The van der Waals surface area contributed by atoms with Gasteiger partial charge in [-0.3, -0.25) is 4.99 Å². The van der Waals surface area contributed by atoms with Gasteiger partial charge in [0.05, 0.1) is 6.04 Å². The van der Waals surface area contributed by atoms with E-state index in [0.717, 1.165) is 17.7 Å². The quantitative estimate of drug-likeness (QED) is 0.334. The molecule has 3 aliphatic rings. The van der Waals surface area contributed by atoms with E-state index < -0.39 is 0 Å². The molecule has 0 aromatic rings. The molecule has 96 valence electrons. The van der Waals surface area contributed by atoms with Gasteiger partial charge in [-0.1, -0.05) is 32.1 Å². The maximum absolute atomic E-state index is 5.70. The van der Waals surface area contributed by atoms with Crippen molar-refractivity contribution in [3.05, 3.63) is 0 Å². The lowest BCUT2D eigenvalue weighted by molar-refractivity contribution is 0.441. The number of hydrazine groups is 1. The van der Waals surface area contributed by atoms with Crippen LogP contribution in [-0.4, -0.2) is 11.9 Å². The fourth-order valence-corrected chi connectivity index (χ4v) is 4.02. The predicted molar refractivity (Wildman–Crippen MR) is 70.6 cm³/mol. The summed E-state index contributed by atoms with van der Waals surface area (Å²) in [5.74, 6) is 9.33. The summed E-state index contributed by atoms with van der Waals surface area (Å²) in [6.07, 6.45) is 12.3. The highest BCUT2D eigenvalue weighted by Crippen LogP contribution is 2.55. The van der Waals surface area contributed by atoms with E-state index in [4.69, 9.17) is 10.8 Å². The van der Waals surface area contributed by atoms with Gasteiger partial charge in [0.25, 0.3) is 0 Å². The Hall–Kier alpha value is -0.570. The van der Waals surface area contributed by atoms with Crippen molar-refractivity contribution in [3.63, 3.8) is 0 Å². The first kappa shape index (κ1) is 11.5. The van der Waals surface area contributed by atoms with Crippen LogP contribution < -0.4 is 11.3 Å². The second-order valence-corrected chi connectivity index (χ2v) is 6.09. The third-order valence-electron chi connectivity index (χ3n) is 5.02. The molecule has 3 saturated carbocycles. The predicted octanol–water partition coefficient (Wildman–Crippen LogP) is 2.62. The molecule has 0 heterocycles. The zero-order valence-electron chi connectivity index (χ0n) is 10.7. The van der Waals surface area contributed by atoms with E-state index >= 15 is 0 Å². The Balaban J connectivity index is 1.64. The van der Waals surface area contributed by atoms with Crippen molar-refractivity contribution in [3.8, 4) is 0 Å². The van der Waals surface area contributed by atoms with Gasteiger partial charge in [0.15, 0.2) is 0 Å². The number of amidine groups is 1. The van der Waals surface area contributed by atoms with Crippen molar-refractivity contribution in [1.82, 2.24) is 5.43 Å². The van der Waals surface area contributed by atoms with E-state index in [9.17, 15) is 0 Å². The SMILES string of the molecule is NNC(=NC1CCCCC1)C1C2CCCCC21. The maximum Gasteiger partial charge on any atom is 0.114 e. The molecular weight excluding hydrogens is 210 g/mol. The summed E-state index contributed by atoms with van der Waals surface area (Å²) >= 11 is 0. The molecule has 3 fully saturated rings. The zero-order valence-corrected chi connectivity index (χ0v) is 10.7. The molecule has 17 heavy (non-hydrogen) atoms. The summed E-state index contributed by atoms with van der Waals surface area (Å²) in [5.41, 5.74) is 2.92. The Bertz CT molecular complexity index is 282. The van der Waals surface area contributed by atoms with Gasteiger partial charge in [-0.05, 0) is 37.5 Å². The standard InChI is InChI=1S/C14H25N3/c15-17-14(16-10-6-2-1-3-7-10)13-11-8-4-5-9-12(11)13/h10-13H,1-9,15H2,(H,16,17). The molecule has 2 unspecified atom stereocenters. The summed E-state index contributed by atoms with van der Waals surface area (Å²) in [7, 11) is 0. The highest BCUT2D eigenvalue weighted by Gasteiger charge is 2.53. The summed E-state index contributed by atoms with van der Waals surface area (Å²) in [4.78, 5) is 4.92. The number of hydrogen-bond donors (Lipinski definition) is 2. The highest BCUT2D eigenvalue weighted by molar-refractivity contribution is 5.87. The van der Waals surface area contributed by atoms with E-state index in [1.807, 2.05) is 0 Å². The van der Waals surface area contributed by atoms with Crippen molar-refractivity contribution < 1.29 is 0 Å². The number of hydrogen-bond acceptors (Lipinski definition) is 2. The smallest absolute Gasteiger partial charge is 0.114 e. The van der Waals surface area contributed by atoms with Crippen LogP contribution in [0.3, 0.4) is 0 Å². The molecule has 0 spiro atoms. The van der Waals surface area contributed by atoms with Gasteiger partial charge < -0.3 is 5.43 Å². The molecule has 0 saturated heterocycles. The van der Waals surface area contributed by atoms with Crippen LogP contribution in [-0.2, 0) is 0 Å². The Kier molecular flexibility index (Phi) is 3.37. The van der Waals surface area contributed by atoms with E-state index in [0.29, 0.717) is 12.0 Å². The van der Waals surface area contributed by atoms with Crippen LogP contribution in [0, 0.1) is 17.8 Å². The second-order valence-electron chi connectivity index (χ2n) is 6.09. The van der Waals surface area contributed by atoms with Crippen LogP contribution in [0.5, 0.6) is 0 Å². The lowest BCUT2D eigenvalue weighted by atomic mass is 9.96. The summed E-state index contributed by atoms with van der Waals surface area (Å²) in [5, 5.41) is 0. The number of nitrogens with zero attached hydrogens (tertiary/aromatic N) is 1. The summed E-state index contributed by atoms with van der Waals surface area (Å²) in [6.45, 7) is 0. The minimum absolute atomic E-state index is 0.553. The van der Waals surface area contributed by atoms with E-state index in [1.165, 1.54) is 57.8 Å². The molecular formula is C14H25N3. The first-order valence-corrected chi connectivity index (χ1v) is 7.44. The largest absolute Gasteiger partial charge is 0.312 e. The van der Waals surface area contributed by atoms with E-state index in [2.05, 4.69) is 5.43 Å². The monoisotopic (exact) mass is 235 g/mol. The molecule has 0 amide bonds. The first-order chi connectivity index (χ1) is 8.40. The van der Waals surface area contributed by atoms with Crippen LogP contribution in [0.15, 0.2) is 4.99 Å². The third-order valence-corrected chi connectivity index (χ3v) is 5.02. The van der Waals surface area contributed by atoms with E-state index in [1.54, 1.807) is 0 Å². The maximum atomic E-state index is 5.70. The average Bonchev–Trinajstić information content (AvgIpc) is 3.11. The number of rotatable bonds is 2. The van der Waals surface area contributed by atoms with Gasteiger partial charge in [0, 0.05) is 5.92 Å². The van der Waals surface area contributed by atoms with Crippen LogP contribution >= 0.6 is 0 Å². The minimum atomic E-state index is 0.553. The topological polar surface area (TPSA) is 50.4 Å². The van der Waals surface area contributed by atoms with Crippen LogP contribution in [0.2, 0.25) is 0 Å². The molecule has 3 nitrogen and oxygen atoms in total. The molecule has 0 aromatic heterocycles. The Morgan fingerprint density at radius 3 is 2.06 bits per heavy atom. The molecule has 0 bridgehead atoms. The molecule has 0 aliphatic heterocycles. The minimum Gasteiger partial charge on any atom is -0.312 e. The number of fused-ring (bicyclic) bond motifs is 1. The van der Waals surface area contributed by atoms with Crippen molar-refractivity contribution in [2.75, 3.05) is 0 Å². The molecule has 2 atom stereocenters. The lowest BCUT2D eigenvalue weighted by Crippen LogP contribution is -2.34. The van der Waals surface area contributed by atoms with Gasteiger partial charge in [-0.15, -0.1) is 0 Å². The number of nitrogens with two attached hydrogens (primary N) is 1. The highest BCUT2D eigenvalue weighted by atomic mass is 15.3. The fraction of sp³-hybridized carbons (Fsp3) is 0.929. The fourth-order valence-electron chi connectivity index (χ4n) is 4.02. The molecule has 3 rings (SSSR count). The molecule has 0 aromatic carbocycles. The molecule has 3 N–H and O–H groups in total. The van der Waals surface area contributed by atoms with Gasteiger partial charge >= 0.3 is 0 Å².